The molecule has 1 saturated carbocycles. The van der Waals surface area contributed by atoms with Gasteiger partial charge in [-0.2, -0.15) is 0 Å². The Morgan fingerprint density at radius 2 is 1.55 bits per heavy atom. The Bertz CT molecular complexity index is 636. The summed E-state index contributed by atoms with van der Waals surface area (Å²) in [5, 5.41) is 12.4. The smallest absolute Gasteiger partial charge is 0.249 e. The van der Waals surface area contributed by atoms with Crippen LogP contribution in [0.4, 0.5) is 11.4 Å². The average Bonchev–Trinajstić information content (AvgIpc) is 3.35. The van der Waals surface area contributed by atoms with Gasteiger partial charge in [0.2, 0.25) is 11.9 Å². The summed E-state index contributed by atoms with van der Waals surface area (Å²) in [6, 6.07) is 18.0. The van der Waals surface area contributed by atoms with Gasteiger partial charge in [-0.3, -0.25) is 25.3 Å². The van der Waals surface area contributed by atoms with E-state index in [0.29, 0.717) is 6.42 Å². The van der Waals surface area contributed by atoms with Crippen LogP contribution >= 0.6 is 0 Å². The lowest BCUT2D eigenvalue weighted by atomic mass is 10.2. The van der Waals surface area contributed by atoms with Crippen LogP contribution in [0, 0.1) is 16.0 Å². The number of anilines is 2. The summed E-state index contributed by atoms with van der Waals surface area (Å²) >= 11 is 0. The molecular formula is C16H15N3O3. The number of nitro groups is 1. The zero-order chi connectivity index (χ0) is 15.5. The molecule has 0 heterocycles. The highest BCUT2D eigenvalue weighted by Crippen LogP contribution is 2.34. The van der Waals surface area contributed by atoms with Gasteiger partial charge in [-0.25, -0.2) is 0 Å². The van der Waals surface area contributed by atoms with E-state index in [1.165, 1.54) is 0 Å². The molecule has 6 nitrogen and oxygen atoms in total. The second kappa shape index (κ2) is 5.85. The van der Waals surface area contributed by atoms with Gasteiger partial charge < -0.3 is 0 Å². The van der Waals surface area contributed by atoms with E-state index in [9.17, 15) is 14.9 Å². The van der Waals surface area contributed by atoms with Gasteiger partial charge in [0.25, 0.3) is 0 Å². The molecule has 2 atom stereocenters. The molecule has 0 aliphatic heterocycles. The molecule has 3 rings (SSSR count). The van der Waals surface area contributed by atoms with Crippen molar-refractivity contribution in [2.24, 2.45) is 5.92 Å². The van der Waals surface area contributed by atoms with Gasteiger partial charge >= 0.3 is 0 Å². The topological polar surface area (TPSA) is 75.5 Å². The Kier molecular flexibility index (Phi) is 3.74. The monoisotopic (exact) mass is 297 g/mol. The van der Waals surface area contributed by atoms with E-state index in [4.69, 9.17) is 0 Å². The molecule has 112 valence electrons. The van der Waals surface area contributed by atoms with Crippen LogP contribution in [0.25, 0.3) is 0 Å². The lowest BCUT2D eigenvalue weighted by molar-refractivity contribution is -0.497. The summed E-state index contributed by atoms with van der Waals surface area (Å²) < 4.78 is 0. The summed E-state index contributed by atoms with van der Waals surface area (Å²) in [7, 11) is 0. The van der Waals surface area contributed by atoms with Crippen molar-refractivity contribution >= 4 is 17.3 Å². The van der Waals surface area contributed by atoms with Gasteiger partial charge in [-0.05, 0) is 24.3 Å². The summed E-state index contributed by atoms with van der Waals surface area (Å²) in [6.45, 7) is 0. The normalized spacial score (nSPS) is 19.3. The molecule has 1 aliphatic carbocycles. The summed E-state index contributed by atoms with van der Waals surface area (Å²) in [6.07, 6.45) is 0.302. The molecule has 2 aromatic rings. The van der Waals surface area contributed by atoms with Crippen molar-refractivity contribution < 1.29 is 9.72 Å². The fourth-order valence-electron chi connectivity index (χ4n) is 2.32. The van der Waals surface area contributed by atoms with Gasteiger partial charge in [0.05, 0.1) is 11.4 Å². The van der Waals surface area contributed by atoms with Gasteiger partial charge in [0.1, 0.15) is 5.92 Å². The van der Waals surface area contributed by atoms with E-state index in [1.807, 2.05) is 60.7 Å². The number of carbonyl (C=O) groups excluding carboxylic acids is 1. The van der Waals surface area contributed by atoms with Crippen LogP contribution in [0.1, 0.15) is 6.42 Å². The van der Waals surface area contributed by atoms with Crippen LogP contribution in [0.15, 0.2) is 60.7 Å². The lowest BCUT2D eigenvalue weighted by Crippen LogP contribution is -2.40. The summed E-state index contributed by atoms with van der Waals surface area (Å²) in [5.41, 5.74) is 4.37. The van der Waals surface area contributed by atoms with Gasteiger partial charge in [0, 0.05) is 11.3 Å². The number of hydrogen-bond donors (Lipinski definition) is 1. The first-order valence-corrected chi connectivity index (χ1v) is 7.01. The minimum atomic E-state index is -0.756. The van der Waals surface area contributed by atoms with Crippen molar-refractivity contribution in [3.05, 3.63) is 70.8 Å². The molecule has 1 aliphatic rings. The number of nitrogens with one attached hydrogen (secondary N) is 1. The Morgan fingerprint density at radius 1 is 1.05 bits per heavy atom. The number of nitrogens with zero attached hydrogens (tertiary/aromatic N) is 2. The Labute approximate surface area is 127 Å². The Hall–Kier alpha value is -2.89. The van der Waals surface area contributed by atoms with Crippen LogP contribution in [-0.4, -0.2) is 16.9 Å². The van der Waals surface area contributed by atoms with Gasteiger partial charge in [-0.1, -0.05) is 36.4 Å². The number of para-hydroxylation sites is 2. The van der Waals surface area contributed by atoms with E-state index in [2.05, 4.69) is 5.43 Å². The predicted molar refractivity (Wildman–Crippen MR) is 82.1 cm³/mol. The van der Waals surface area contributed by atoms with Crippen molar-refractivity contribution in [1.82, 2.24) is 5.43 Å². The van der Waals surface area contributed by atoms with Gasteiger partial charge in [-0.15, -0.1) is 0 Å². The maximum atomic E-state index is 12.2. The van der Waals surface area contributed by atoms with Gasteiger partial charge in [0.15, 0.2) is 0 Å². The quantitative estimate of drug-likeness (QED) is 0.679. The third-order valence-electron chi connectivity index (χ3n) is 3.62. The highest BCUT2D eigenvalue weighted by atomic mass is 16.6. The molecule has 1 fully saturated rings. The first kappa shape index (κ1) is 14.1. The maximum absolute atomic E-state index is 12.2. The molecule has 0 aromatic heterocycles. The summed E-state index contributed by atoms with van der Waals surface area (Å²) in [4.78, 5) is 22.5. The minimum absolute atomic E-state index is 0.302. The second-order valence-corrected chi connectivity index (χ2v) is 5.18. The predicted octanol–water partition coefficient (Wildman–Crippen LogP) is 2.52. The largest absolute Gasteiger partial charge is 0.273 e. The van der Waals surface area contributed by atoms with E-state index in [0.717, 1.165) is 11.4 Å². The van der Waals surface area contributed by atoms with Crippen molar-refractivity contribution in [1.29, 1.82) is 0 Å². The molecule has 0 spiro atoms. The Morgan fingerprint density at radius 3 is 1.95 bits per heavy atom. The van der Waals surface area contributed by atoms with Crippen molar-refractivity contribution in [3.63, 3.8) is 0 Å². The van der Waals surface area contributed by atoms with Crippen LogP contribution in [0.5, 0.6) is 0 Å². The molecule has 6 heteroatoms. The zero-order valence-electron chi connectivity index (χ0n) is 11.8. The van der Waals surface area contributed by atoms with E-state index >= 15 is 0 Å². The number of carbonyl (C=O) groups is 1. The highest BCUT2D eigenvalue weighted by Gasteiger charge is 2.53. The van der Waals surface area contributed by atoms with Crippen molar-refractivity contribution in [3.8, 4) is 0 Å². The Balaban J connectivity index is 1.81. The van der Waals surface area contributed by atoms with Crippen LogP contribution in [0.2, 0.25) is 0 Å². The van der Waals surface area contributed by atoms with Crippen LogP contribution < -0.4 is 10.4 Å². The average molecular weight is 297 g/mol. The molecule has 0 radical (unpaired) electrons. The molecule has 0 unspecified atom stereocenters. The number of amides is 1. The van der Waals surface area contributed by atoms with Crippen LogP contribution in [-0.2, 0) is 4.79 Å². The molecular weight excluding hydrogens is 282 g/mol. The number of hydrazine groups is 1. The highest BCUT2D eigenvalue weighted by molar-refractivity contribution is 5.85. The van der Waals surface area contributed by atoms with E-state index in [1.54, 1.807) is 5.01 Å². The fraction of sp³-hybridized carbons (Fsp3) is 0.188. The third kappa shape index (κ3) is 2.90. The van der Waals surface area contributed by atoms with E-state index in [-0.39, 0.29) is 10.8 Å². The molecule has 2 aromatic carbocycles. The molecule has 1 N–H and O–H groups in total. The standard InChI is InChI=1S/C16H15N3O3/c20-16(14-11-15(14)19(21)22)17-18(12-7-3-1-4-8-12)13-9-5-2-6-10-13/h1-10,14-15H,11H2,(H,17,20)/t14-,15-/m0/s1. The summed E-state index contributed by atoms with van der Waals surface area (Å²) in [5.74, 6) is -0.876. The molecule has 0 bridgehead atoms. The van der Waals surface area contributed by atoms with E-state index < -0.39 is 12.0 Å². The zero-order valence-corrected chi connectivity index (χ0v) is 11.8. The SMILES string of the molecule is O=C(NN(c1ccccc1)c1ccccc1)[C@H]1C[C@@H]1[N+](=O)[O-]. The second-order valence-electron chi connectivity index (χ2n) is 5.18. The van der Waals surface area contributed by atoms with Crippen molar-refractivity contribution in [2.45, 2.75) is 12.5 Å². The number of hydrogen-bond acceptors (Lipinski definition) is 4. The lowest BCUT2D eigenvalue weighted by Gasteiger charge is -2.25. The molecule has 0 saturated heterocycles. The number of rotatable bonds is 5. The van der Waals surface area contributed by atoms with Crippen molar-refractivity contribution in [2.75, 3.05) is 5.01 Å². The minimum Gasteiger partial charge on any atom is -0.273 e. The fourth-order valence-corrected chi connectivity index (χ4v) is 2.32. The third-order valence-corrected chi connectivity index (χ3v) is 3.62. The maximum Gasteiger partial charge on any atom is 0.249 e. The van der Waals surface area contributed by atoms with Crippen LogP contribution in [0.3, 0.4) is 0 Å². The number of benzene rings is 2. The molecule has 1 amide bonds. The first-order valence-electron chi connectivity index (χ1n) is 7.01. The molecule has 22 heavy (non-hydrogen) atoms. The first-order chi connectivity index (χ1) is 10.7.